The molecule has 0 bridgehead atoms. The number of esters is 2. The third-order valence-corrected chi connectivity index (χ3v) is 6.68. The highest BCUT2D eigenvalue weighted by atomic mass is 32.2. The van der Waals surface area contributed by atoms with Crippen LogP contribution in [0, 0.1) is 0 Å². The second-order valence-electron chi connectivity index (χ2n) is 8.40. The first kappa shape index (κ1) is 30.1. The molecule has 0 fully saturated rings. The average Bonchev–Trinajstić information content (AvgIpc) is 2.91. The van der Waals surface area contributed by atoms with E-state index in [1.165, 1.54) is 11.8 Å². The molecule has 0 heterocycles. The summed E-state index contributed by atoms with van der Waals surface area (Å²) in [5.74, 6) is -1.51. The van der Waals surface area contributed by atoms with Crippen LogP contribution in [0.1, 0.15) is 50.2 Å². The zero-order chi connectivity index (χ0) is 27.0. The van der Waals surface area contributed by atoms with E-state index in [4.69, 9.17) is 15.2 Å². The number of carbonyl (C=O) groups excluding carboxylic acids is 4. The molecule has 0 aromatic heterocycles. The minimum absolute atomic E-state index is 0.0346. The molecule has 0 radical (unpaired) electrons. The molecule has 0 aliphatic carbocycles. The normalized spacial score (nSPS) is 13.2. The first-order valence-electron chi connectivity index (χ1n) is 12.4. The summed E-state index contributed by atoms with van der Waals surface area (Å²) in [7, 11) is 0. The van der Waals surface area contributed by atoms with E-state index in [0.717, 1.165) is 5.56 Å². The summed E-state index contributed by atoms with van der Waals surface area (Å²) < 4.78 is 10.1. The quantitative estimate of drug-likeness (QED) is 0.318. The van der Waals surface area contributed by atoms with Crippen molar-refractivity contribution in [3.8, 4) is 0 Å². The van der Waals surface area contributed by atoms with E-state index < -0.39 is 35.8 Å². The Balaban J connectivity index is 2.10. The summed E-state index contributed by atoms with van der Waals surface area (Å²) in [5, 5.41) is 2.79. The number of amides is 1. The first-order valence-corrected chi connectivity index (χ1v) is 13.6. The predicted molar refractivity (Wildman–Crippen MR) is 144 cm³/mol. The first-order chi connectivity index (χ1) is 17.8. The summed E-state index contributed by atoms with van der Waals surface area (Å²) in [6.07, 6.45) is -0.0483. The van der Waals surface area contributed by atoms with Gasteiger partial charge in [0.2, 0.25) is 5.91 Å². The van der Waals surface area contributed by atoms with Gasteiger partial charge in [-0.3, -0.25) is 19.2 Å². The maximum Gasteiger partial charge on any atom is 0.322 e. The van der Waals surface area contributed by atoms with Crippen molar-refractivity contribution in [3.63, 3.8) is 0 Å². The van der Waals surface area contributed by atoms with E-state index >= 15 is 0 Å². The monoisotopic (exact) mass is 528 g/mol. The second-order valence-corrected chi connectivity index (χ2v) is 9.43. The maximum atomic E-state index is 13.4. The fourth-order valence-electron chi connectivity index (χ4n) is 3.61. The molecule has 0 aliphatic heterocycles. The summed E-state index contributed by atoms with van der Waals surface area (Å²) in [4.78, 5) is 50.6. The van der Waals surface area contributed by atoms with Crippen LogP contribution >= 0.6 is 11.8 Å². The van der Waals surface area contributed by atoms with Gasteiger partial charge in [-0.1, -0.05) is 60.7 Å². The van der Waals surface area contributed by atoms with E-state index in [-0.39, 0.29) is 38.3 Å². The number of rotatable bonds is 16. The number of Topliss-reactive ketones (excluding diaryl/α,β-unsaturated/α-hetero) is 1. The number of hydrogen-bond donors (Lipinski definition) is 2. The van der Waals surface area contributed by atoms with E-state index in [9.17, 15) is 19.2 Å². The van der Waals surface area contributed by atoms with Crippen LogP contribution < -0.4 is 11.1 Å². The second kappa shape index (κ2) is 16.6. The molecule has 8 nitrogen and oxygen atoms in total. The molecular weight excluding hydrogens is 492 g/mol. The van der Waals surface area contributed by atoms with Gasteiger partial charge in [0.1, 0.15) is 6.04 Å². The van der Waals surface area contributed by atoms with E-state index in [1.807, 2.05) is 36.4 Å². The maximum absolute atomic E-state index is 13.4. The van der Waals surface area contributed by atoms with Gasteiger partial charge in [0.25, 0.3) is 0 Å². The molecule has 0 saturated heterocycles. The molecule has 1 amide bonds. The van der Waals surface area contributed by atoms with Gasteiger partial charge in [0.05, 0.1) is 25.2 Å². The summed E-state index contributed by atoms with van der Waals surface area (Å²) in [6.45, 7) is 3.80. The Morgan fingerprint density at radius 1 is 0.892 bits per heavy atom. The molecule has 9 heteroatoms. The molecule has 3 N–H and O–H groups in total. The van der Waals surface area contributed by atoms with Crippen LogP contribution in [0.4, 0.5) is 0 Å². The zero-order valence-corrected chi connectivity index (χ0v) is 22.2. The number of thioether (sulfide) groups is 1. The smallest absolute Gasteiger partial charge is 0.322 e. The Kier molecular flexibility index (Phi) is 13.4. The van der Waals surface area contributed by atoms with Crippen LogP contribution in [-0.4, -0.2) is 54.7 Å². The number of carbonyl (C=O) groups is 4. The van der Waals surface area contributed by atoms with Crippen molar-refractivity contribution in [2.24, 2.45) is 5.73 Å². The highest BCUT2D eigenvalue weighted by Crippen LogP contribution is 2.24. The van der Waals surface area contributed by atoms with Crippen LogP contribution in [-0.2, 0) is 34.4 Å². The number of nitrogens with two attached hydrogens (primary N) is 1. The average molecular weight is 529 g/mol. The van der Waals surface area contributed by atoms with Gasteiger partial charge in [0.15, 0.2) is 5.78 Å². The summed E-state index contributed by atoms with van der Waals surface area (Å²) >= 11 is 1.51. The molecule has 0 aliphatic rings. The number of benzene rings is 2. The number of hydrogen-bond acceptors (Lipinski definition) is 8. The fraction of sp³-hybridized carbons (Fsp3) is 0.429. The third-order valence-electron chi connectivity index (χ3n) is 5.57. The number of ether oxygens (including phenoxy) is 2. The Hall–Kier alpha value is -3.17. The van der Waals surface area contributed by atoms with Crippen molar-refractivity contribution < 1.29 is 28.7 Å². The van der Waals surface area contributed by atoms with Gasteiger partial charge in [-0.2, -0.15) is 11.8 Å². The standard InChI is InChI=1S/C28H36N2O6S/c1-3-35-27(33)22(21-13-9-6-10-14-21)17-25(31)24(19-37-18-20-11-7-5-8-12-20)30-26(32)16-15-23(29)28(34)36-4-2/h5-14,22-24H,3-4,15-19,29H2,1-2H3,(H,30,32)/t22-,23+,24+/m1/s1. The zero-order valence-electron chi connectivity index (χ0n) is 21.4. The summed E-state index contributed by atoms with van der Waals surface area (Å²) in [6, 6.07) is 17.1. The van der Waals surface area contributed by atoms with Gasteiger partial charge >= 0.3 is 11.9 Å². The molecule has 0 spiro atoms. The fourth-order valence-corrected chi connectivity index (χ4v) is 4.66. The van der Waals surface area contributed by atoms with Crippen molar-refractivity contribution in [3.05, 3.63) is 71.8 Å². The van der Waals surface area contributed by atoms with Crippen LogP contribution in [0.15, 0.2) is 60.7 Å². The highest BCUT2D eigenvalue weighted by Gasteiger charge is 2.30. The SMILES string of the molecule is CCOC(=O)[C@@H](N)CCC(=O)N[C@@H](CSCc1ccccc1)C(=O)C[C@@H](C(=O)OCC)c1ccccc1. The number of nitrogens with one attached hydrogen (secondary N) is 1. The van der Waals surface area contributed by atoms with Crippen LogP contribution in [0.5, 0.6) is 0 Å². The molecule has 37 heavy (non-hydrogen) atoms. The van der Waals surface area contributed by atoms with Crippen LogP contribution in [0.2, 0.25) is 0 Å². The Bertz CT molecular complexity index is 1000. The van der Waals surface area contributed by atoms with Gasteiger partial charge < -0.3 is 20.5 Å². The number of ketones is 1. The minimum atomic E-state index is -0.918. The lowest BCUT2D eigenvalue weighted by Crippen LogP contribution is -2.44. The van der Waals surface area contributed by atoms with E-state index in [0.29, 0.717) is 17.1 Å². The lowest BCUT2D eigenvalue weighted by Gasteiger charge is -2.21. The third kappa shape index (κ3) is 10.8. The van der Waals surface area contributed by atoms with E-state index in [2.05, 4.69) is 5.32 Å². The van der Waals surface area contributed by atoms with Gasteiger partial charge in [0, 0.05) is 24.3 Å². The van der Waals surface area contributed by atoms with Crippen molar-refractivity contribution in [1.29, 1.82) is 0 Å². The molecule has 2 rings (SSSR count). The van der Waals surface area contributed by atoms with E-state index in [1.54, 1.807) is 38.1 Å². The Labute approximate surface area is 222 Å². The van der Waals surface area contributed by atoms with Crippen molar-refractivity contribution in [1.82, 2.24) is 5.32 Å². The van der Waals surface area contributed by atoms with Crippen molar-refractivity contribution in [2.75, 3.05) is 19.0 Å². The largest absolute Gasteiger partial charge is 0.466 e. The Morgan fingerprint density at radius 3 is 2.11 bits per heavy atom. The molecular formula is C28H36N2O6S. The summed E-state index contributed by atoms with van der Waals surface area (Å²) in [5.41, 5.74) is 7.58. The molecule has 3 atom stereocenters. The molecule has 200 valence electrons. The van der Waals surface area contributed by atoms with Gasteiger partial charge in [-0.05, 0) is 31.4 Å². The highest BCUT2D eigenvalue weighted by molar-refractivity contribution is 7.98. The molecule has 0 unspecified atom stereocenters. The van der Waals surface area contributed by atoms with Crippen molar-refractivity contribution >= 4 is 35.4 Å². The topological polar surface area (TPSA) is 125 Å². The molecule has 2 aromatic rings. The van der Waals surface area contributed by atoms with Crippen molar-refractivity contribution in [2.45, 2.75) is 56.9 Å². The molecule has 2 aromatic carbocycles. The lowest BCUT2D eigenvalue weighted by atomic mass is 9.92. The molecule has 0 saturated carbocycles. The lowest BCUT2D eigenvalue weighted by molar-refractivity contribution is -0.146. The minimum Gasteiger partial charge on any atom is -0.466 e. The predicted octanol–water partition coefficient (Wildman–Crippen LogP) is 3.38. The van der Waals surface area contributed by atoms with Crippen LogP contribution in [0.3, 0.4) is 0 Å². The van der Waals surface area contributed by atoms with Crippen LogP contribution in [0.25, 0.3) is 0 Å². The van der Waals surface area contributed by atoms with Gasteiger partial charge in [-0.25, -0.2) is 0 Å². The Morgan fingerprint density at radius 2 is 1.49 bits per heavy atom. The van der Waals surface area contributed by atoms with Gasteiger partial charge in [-0.15, -0.1) is 0 Å².